The summed E-state index contributed by atoms with van der Waals surface area (Å²) in [5.41, 5.74) is 8.07. The van der Waals surface area contributed by atoms with Crippen LogP contribution in [0.15, 0.2) is 52.7 Å². The molecule has 0 aliphatic heterocycles. The molecule has 1 aromatic heterocycles. The summed E-state index contributed by atoms with van der Waals surface area (Å²) < 4.78 is 33.2. The van der Waals surface area contributed by atoms with Crippen molar-refractivity contribution < 1.29 is 27.9 Å². The first-order valence-corrected chi connectivity index (χ1v) is 14.9. The number of aromatic nitrogens is 1. The number of nitrogen functional groups attached to an aromatic ring is 1. The number of benzene rings is 2. The zero-order chi connectivity index (χ0) is 29.4. The van der Waals surface area contributed by atoms with Crippen molar-refractivity contribution in [1.29, 1.82) is 5.41 Å². The van der Waals surface area contributed by atoms with E-state index in [0.717, 1.165) is 38.9 Å². The molecule has 0 spiro atoms. The van der Waals surface area contributed by atoms with Gasteiger partial charge in [-0.2, -0.15) is 4.31 Å². The van der Waals surface area contributed by atoms with E-state index in [1.54, 1.807) is 12.3 Å². The van der Waals surface area contributed by atoms with Crippen LogP contribution in [0.3, 0.4) is 0 Å². The lowest BCUT2D eigenvalue weighted by Crippen LogP contribution is -2.39. The Bertz CT molecular complexity index is 1470. The summed E-state index contributed by atoms with van der Waals surface area (Å²) in [4.78, 5) is 28.4. The fourth-order valence-electron chi connectivity index (χ4n) is 3.76. The van der Waals surface area contributed by atoms with Crippen LogP contribution in [0.25, 0.3) is 0 Å². The maximum atomic E-state index is 13.7. The highest BCUT2D eigenvalue weighted by Gasteiger charge is 2.30. The van der Waals surface area contributed by atoms with E-state index in [4.69, 9.17) is 15.9 Å². The molecule has 5 N–H and O–H groups in total. The van der Waals surface area contributed by atoms with Crippen molar-refractivity contribution >= 4 is 44.2 Å². The van der Waals surface area contributed by atoms with Crippen LogP contribution in [0, 0.1) is 5.41 Å². The first-order chi connectivity index (χ1) is 18.9. The first kappa shape index (κ1) is 30.7. The third-order valence-electron chi connectivity index (χ3n) is 5.93. The molecule has 0 atom stereocenters. The third kappa shape index (κ3) is 8.10. The number of carbonyl (C=O) groups is 2. The van der Waals surface area contributed by atoms with Gasteiger partial charge in [0.1, 0.15) is 16.5 Å². The minimum Gasteiger partial charge on any atom is -0.507 e. The molecule has 0 unspecified atom stereocenters. The van der Waals surface area contributed by atoms with E-state index >= 15 is 0 Å². The fourth-order valence-corrected chi connectivity index (χ4v) is 5.99. The molecular weight excluding hydrogens is 554 g/mol. The van der Waals surface area contributed by atoms with Crippen LogP contribution >= 0.6 is 11.3 Å². The zero-order valence-corrected chi connectivity index (χ0v) is 24.1. The molecule has 2 aromatic carbocycles. The Morgan fingerprint density at radius 2 is 1.90 bits per heavy atom. The number of aromatic hydroxyl groups is 1. The molecule has 0 aliphatic carbocycles. The summed E-state index contributed by atoms with van der Waals surface area (Å²) in [7, 11) is -4.39. The summed E-state index contributed by atoms with van der Waals surface area (Å²) in [6, 6.07) is 11.4. The molecule has 11 nitrogen and oxygen atoms in total. The fraction of sp³-hybridized carbons (Fsp3) is 0.333. The van der Waals surface area contributed by atoms with E-state index in [9.17, 15) is 23.1 Å². The average molecular weight is 588 g/mol. The van der Waals surface area contributed by atoms with Crippen LogP contribution in [-0.2, 0) is 37.2 Å². The minimum atomic E-state index is -4.39. The van der Waals surface area contributed by atoms with Gasteiger partial charge in [-0.05, 0) is 48.6 Å². The molecule has 0 saturated heterocycles. The van der Waals surface area contributed by atoms with Gasteiger partial charge in [0.15, 0.2) is 5.13 Å². The summed E-state index contributed by atoms with van der Waals surface area (Å²) in [5, 5.41) is 22.4. The van der Waals surface area contributed by atoms with Crippen molar-refractivity contribution in [1.82, 2.24) is 9.29 Å². The molecule has 0 saturated carbocycles. The van der Waals surface area contributed by atoms with Gasteiger partial charge in [0.2, 0.25) is 15.9 Å². The SMILES string of the molecule is CCOC(=O)Cc1csc(NC(=O)CN(CCc2ccc(C(C)C)cc2)S(=O)(=O)c2cc(C(=N)N)ccc2O)n1. The Morgan fingerprint density at radius 3 is 2.52 bits per heavy atom. The third-order valence-corrected chi connectivity index (χ3v) is 8.61. The number of sulfonamides is 1. The van der Waals surface area contributed by atoms with Gasteiger partial charge in [-0.25, -0.2) is 13.4 Å². The number of amides is 1. The van der Waals surface area contributed by atoms with Crippen LogP contribution in [0.4, 0.5) is 5.13 Å². The van der Waals surface area contributed by atoms with E-state index in [2.05, 4.69) is 24.1 Å². The molecule has 0 bridgehead atoms. The summed E-state index contributed by atoms with van der Waals surface area (Å²) in [5.74, 6) is -1.65. The smallest absolute Gasteiger partial charge is 0.311 e. The zero-order valence-electron chi connectivity index (χ0n) is 22.5. The van der Waals surface area contributed by atoms with E-state index in [1.807, 2.05) is 24.3 Å². The second kappa shape index (κ2) is 13.5. The number of anilines is 1. The summed E-state index contributed by atoms with van der Waals surface area (Å²) in [6.45, 7) is 5.46. The first-order valence-electron chi connectivity index (χ1n) is 12.6. The number of ether oxygens (including phenoxy) is 1. The van der Waals surface area contributed by atoms with E-state index in [-0.39, 0.29) is 36.1 Å². The van der Waals surface area contributed by atoms with Gasteiger partial charge in [-0.1, -0.05) is 38.1 Å². The van der Waals surface area contributed by atoms with Crippen LogP contribution in [0.2, 0.25) is 0 Å². The summed E-state index contributed by atoms with van der Waals surface area (Å²) >= 11 is 1.09. The van der Waals surface area contributed by atoms with Gasteiger partial charge in [0.25, 0.3) is 0 Å². The van der Waals surface area contributed by atoms with Crippen molar-refractivity contribution in [3.63, 3.8) is 0 Å². The predicted octanol–water partition coefficient (Wildman–Crippen LogP) is 3.23. The predicted molar refractivity (Wildman–Crippen MR) is 153 cm³/mol. The van der Waals surface area contributed by atoms with Gasteiger partial charge in [-0.3, -0.25) is 15.0 Å². The molecule has 3 aromatic rings. The van der Waals surface area contributed by atoms with Crippen molar-refractivity contribution in [2.45, 2.75) is 44.4 Å². The maximum absolute atomic E-state index is 13.7. The van der Waals surface area contributed by atoms with Crippen LogP contribution < -0.4 is 11.1 Å². The van der Waals surface area contributed by atoms with Gasteiger partial charge in [0.05, 0.1) is 25.3 Å². The van der Waals surface area contributed by atoms with E-state index in [1.165, 1.54) is 6.07 Å². The highest BCUT2D eigenvalue weighted by molar-refractivity contribution is 7.89. The Labute approximate surface area is 237 Å². The van der Waals surface area contributed by atoms with Crippen molar-refractivity contribution in [3.05, 3.63) is 70.2 Å². The van der Waals surface area contributed by atoms with E-state index < -0.39 is 39.1 Å². The second-order valence-electron chi connectivity index (χ2n) is 9.26. The molecule has 0 aliphatic rings. The van der Waals surface area contributed by atoms with E-state index in [0.29, 0.717) is 18.0 Å². The molecule has 3 rings (SSSR count). The maximum Gasteiger partial charge on any atom is 0.311 e. The number of nitrogens with two attached hydrogens (primary N) is 1. The Balaban J connectivity index is 1.83. The average Bonchev–Trinajstić information content (AvgIpc) is 3.32. The minimum absolute atomic E-state index is 0.0535. The Kier molecular flexibility index (Phi) is 10.4. The molecule has 40 heavy (non-hydrogen) atoms. The second-order valence-corrected chi connectivity index (χ2v) is 12.0. The molecule has 214 valence electrons. The number of phenolic OH excluding ortho intramolecular Hbond substituents is 1. The van der Waals surface area contributed by atoms with Crippen LogP contribution in [0.5, 0.6) is 5.75 Å². The van der Waals surface area contributed by atoms with Gasteiger partial charge in [-0.15, -0.1) is 11.3 Å². The number of phenols is 1. The standard InChI is InChI=1S/C27H33N5O6S2/c1-4-38-25(35)14-21-16-39-27(30-21)31-24(34)15-32(12-11-18-5-7-19(8-6-18)17(2)3)40(36,37)23-13-20(26(28)29)9-10-22(23)33/h5-10,13,16-17,33H,4,11-12,14-15H2,1-3H3,(H3,28,29)(H,30,31,34). The molecule has 1 amide bonds. The number of hydrogen-bond donors (Lipinski definition) is 4. The Morgan fingerprint density at radius 1 is 1.20 bits per heavy atom. The highest BCUT2D eigenvalue weighted by Crippen LogP contribution is 2.27. The van der Waals surface area contributed by atoms with Gasteiger partial charge >= 0.3 is 5.97 Å². The quantitative estimate of drug-likeness (QED) is 0.134. The molecule has 0 radical (unpaired) electrons. The van der Waals surface area contributed by atoms with Gasteiger partial charge < -0.3 is 20.9 Å². The molecule has 0 fully saturated rings. The van der Waals surface area contributed by atoms with Crippen molar-refractivity contribution in [2.24, 2.45) is 5.73 Å². The Hall–Kier alpha value is -3.81. The number of hydrogen-bond acceptors (Lipinski definition) is 9. The van der Waals surface area contributed by atoms with Crippen molar-refractivity contribution in [2.75, 3.05) is 25.0 Å². The number of esters is 1. The topological polar surface area (TPSA) is 176 Å². The normalized spacial score (nSPS) is 11.5. The van der Waals surface area contributed by atoms with Crippen molar-refractivity contribution in [3.8, 4) is 5.75 Å². The lowest BCUT2D eigenvalue weighted by atomic mass is 10.0. The number of thiazole rings is 1. The number of amidine groups is 1. The van der Waals surface area contributed by atoms with Crippen LogP contribution in [0.1, 0.15) is 49.1 Å². The molecule has 13 heteroatoms. The number of carbonyl (C=O) groups excluding carboxylic acids is 2. The lowest BCUT2D eigenvalue weighted by Gasteiger charge is -2.22. The molecular formula is C27H33N5O6S2. The largest absolute Gasteiger partial charge is 0.507 e. The molecule has 1 heterocycles. The monoisotopic (exact) mass is 587 g/mol. The summed E-state index contributed by atoms with van der Waals surface area (Å²) in [6.07, 6.45) is 0.251. The number of nitrogens with one attached hydrogen (secondary N) is 2. The number of rotatable bonds is 13. The van der Waals surface area contributed by atoms with Gasteiger partial charge in [0, 0.05) is 17.5 Å². The van der Waals surface area contributed by atoms with Crippen LogP contribution in [-0.4, -0.2) is 60.2 Å². The lowest BCUT2D eigenvalue weighted by molar-refractivity contribution is -0.142. The highest BCUT2D eigenvalue weighted by atomic mass is 32.2. The number of nitrogens with zero attached hydrogens (tertiary/aromatic N) is 2.